The second-order valence-electron chi connectivity index (χ2n) is 7.58. The molecule has 21 heavy (non-hydrogen) atoms. The third-order valence-corrected chi connectivity index (χ3v) is 4.88. The average Bonchev–Trinajstić information content (AvgIpc) is 2.45. The highest BCUT2D eigenvalue weighted by molar-refractivity contribution is 4.89. The smallest absolute Gasteiger partial charge is 0.0589 e. The minimum atomic E-state index is 0.477. The summed E-state index contributed by atoms with van der Waals surface area (Å²) in [6, 6.07) is 0. The summed E-state index contributed by atoms with van der Waals surface area (Å²) in [5.41, 5.74) is 0.477. The Morgan fingerprint density at radius 1 is 1.29 bits per heavy atom. The first kappa shape index (κ1) is 18.9. The molecular formula is C18H38N2O. The molecule has 0 unspecified atom stereocenters. The third-order valence-electron chi connectivity index (χ3n) is 4.88. The van der Waals surface area contributed by atoms with Gasteiger partial charge in [-0.1, -0.05) is 40.5 Å². The maximum atomic E-state index is 5.32. The Kier molecular flexibility index (Phi) is 8.84. The number of nitrogens with one attached hydrogen (secondary N) is 1. The molecule has 0 spiro atoms. The van der Waals surface area contributed by atoms with Gasteiger partial charge in [0.2, 0.25) is 0 Å². The van der Waals surface area contributed by atoms with Crippen molar-refractivity contribution in [2.75, 3.05) is 46.4 Å². The maximum absolute atomic E-state index is 5.32. The van der Waals surface area contributed by atoms with Gasteiger partial charge in [0.15, 0.2) is 0 Å². The largest absolute Gasteiger partial charge is 0.383 e. The average molecular weight is 299 g/mol. The SMILES string of the molecule is CCNCC1(CN(CCOC)CC(C)C)CCC(C)CC1. The Bertz CT molecular complexity index is 254. The number of methoxy groups -OCH3 is 1. The van der Waals surface area contributed by atoms with E-state index < -0.39 is 0 Å². The summed E-state index contributed by atoms with van der Waals surface area (Å²) in [4.78, 5) is 2.64. The predicted octanol–water partition coefficient (Wildman–Crippen LogP) is 3.40. The number of hydrogen-bond donors (Lipinski definition) is 1. The van der Waals surface area contributed by atoms with E-state index in [1.54, 1.807) is 0 Å². The number of rotatable bonds is 10. The lowest BCUT2D eigenvalue weighted by Gasteiger charge is -2.43. The van der Waals surface area contributed by atoms with Crippen LogP contribution in [0.5, 0.6) is 0 Å². The van der Waals surface area contributed by atoms with Crippen molar-refractivity contribution in [3.8, 4) is 0 Å². The van der Waals surface area contributed by atoms with E-state index in [1.807, 2.05) is 7.11 Å². The Morgan fingerprint density at radius 3 is 2.48 bits per heavy atom. The van der Waals surface area contributed by atoms with Crippen molar-refractivity contribution < 1.29 is 4.74 Å². The van der Waals surface area contributed by atoms with Crippen molar-refractivity contribution in [2.24, 2.45) is 17.3 Å². The minimum Gasteiger partial charge on any atom is -0.383 e. The molecule has 0 aromatic carbocycles. The summed E-state index contributed by atoms with van der Waals surface area (Å²) in [5.74, 6) is 1.64. The van der Waals surface area contributed by atoms with Crippen LogP contribution in [0, 0.1) is 17.3 Å². The summed E-state index contributed by atoms with van der Waals surface area (Å²) in [7, 11) is 1.81. The van der Waals surface area contributed by atoms with Gasteiger partial charge in [0, 0.05) is 33.3 Å². The van der Waals surface area contributed by atoms with E-state index >= 15 is 0 Å². The quantitative estimate of drug-likeness (QED) is 0.669. The number of ether oxygens (including phenoxy) is 1. The fraction of sp³-hybridized carbons (Fsp3) is 1.00. The molecule has 0 aromatic heterocycles. The standard InChI is InChI=1S/C18H38N2O/c1-6-19-14-18(9-7-17(4)8-10-18)15-20(11-12-21-5)13-16(2)3/h16-17,19H,6-15H2,1-5H3. The van der Waals surface area contributed by atoms with Gasteiger partial charge in [-0.05, 0) is 36.6 Å². The highest BCUT2D eigenvalue weighted by Gasteiger charge is 2.35. The zero-order valence-electron chi connectivity index (χ0n) is 15.1. The first-order valence-electron chi connectivity index (χ1n) is 8.93. The molecule has 1 aliphatic rings. The van der Waals surface area contributed by atoms with Crippen molar-refractivity contribution in [1.82, 2.24) is 10.2 Å². The van der Waals surface area contributed by atoms with Gasteiger partial charge in [0.25, 0.3) is 0 Å². The first-order chi connectivity index (χ1) is 10.0. The van der Waals surface area contributed by atoms with Crippen LogP contribution in [-0.2, 0) is 4.74 Å². The summed E-state index contributed by atoms with van der Waals surface area (Å²) in [5, 5.41) is 3.63. The van der Waals surface area contributed by atoms with Gasteiger partial charge in [-0.25, -0.2) is 0 Å². The Hall–Kier alpha value is -0.120. The maximum Gasteiger partial charge on any atom is 0.0589 e. The third kappa shape index (κ3) is 7.12. The van der Waals surface area contributed by atoms with Crippen LogP contribution in [0.1, 0.15) is 53.4 Å². The van der Waals surface area contributed by atoms with Crippen LogP contribution in [0.2, 0.25) is 0 Å². The molecule has 3 nitrogen and oxygen atoms in total. The second kappa shape index (κ2) is 9.81. The molecule has 3 heteroatoms. The lowest BCUT2D eigenvalue weighted by Crippen LogP contribution is -2.47. The van der Waals surface area contributed by atoms with E-state index in [0.717, 1.165) is 31.5 Å². The van der Waals surface area contributed by atoms with E-state index in [2.05, 4.69) is 37.9 Å². The van der Waals surface area contributed by atoms with E-state index in [0.29, 0.717) is 5.41 Å². The monoisotopic (exact) mass is 298 g/mol. The fourth-order valence-corrected chi connectivity index (χ4v) is 3.60. The molecule has 1 N–H and O–H groups in total. The molecule has 0 aliphatic heterocycles. The van der Waals surface area contributed by atoms with Gasteiger partial charge in [-0.15, -0.1) is 0 Å². The van der Waals surface area contributed by atoms with Crippen LogP contribution in [0.15, 0.2) is 0 Å². The molecule has 1 fully saturated rings. The molecule has 126 valence electrons. The van der Waals surface area contributed by atoms with Gasteiger partial charge in [0.05, 0.1) is 6.61 Å². The minimum absolute atomic E-state index is 0.477. The Morgan fingerprint density at radius 2 is 1.95 bits per heavy atom. The zero-order chi connectivity index (χ0) is 15.7. The molecule has 0 aromatic rings. The van der Waals surface area contributed by atoms with Crippen molar-refractivity contribution in [3.05, 3.63) is 0 Å². The van der Waals surface area contributed by atoms with Gasteiger partial charge in [0.1, 0.15) is 0 Å². The molecule has 0 amide bonds. The summed E-state index contributed by atoms with van der Waals surface area (Å²) < 4.78 is 5.32. The van der Waals surface area contributed by atoms with E-state index in [-0.39, 0.29) is 0 Å². The number of hydrogen-bond acceptors (Lipinski definition) is 3. The number of nitrogens with zero attached hydrogens (tertiary/aromatic N) is 1. The van der Waals surface area contributed by atoms with Gasteiger partial charge in [-0.2, -0.15) is 0 Å². The van der Waals surface area contributed by atoms with Crippen LogP contribution in [-0.4, -0.2) is 51.3 Å². The lowest BCUT2D eigenvalue weighted by atomic mass is 9.70. The Labute approximate surface area is 132 Å². The lowest BCUT2D eigenvalue weighted by molar-refractivity contribution is 0.0626. The van der Waals surface area contributed by atoms with Crippen LogP contribution in [0.3, 0.4) is 0 Å². The molecule has 1 aliphatic carbocycles. The highest BCUT2D eigenvalue weighted by Crippen LogP contribution is 2.39. The zero-order valence-corrected chi connectivity index (χ0v) is 15.1. The molecule has 1 saturated carbocycles. The van der Waals surface area contributed by atoms with Crippen LogP contribution < -0.4 is 5.32 Å². The van der Waals surface area contributed by atoms with Gasteiger partial charge < -0.3 is 15.0 Å². The highest BCUT2D eigenvalue weighted by atomic mass is 16.5. The van der Waals surface area contributed by atoms with E-state index in [1.165, 1.54) is 45.3 Å². The summed E-state index contributed by atoms with van der Waals surface area (Å²) >= 11 is 0. The topological polar surface area (TPSA) is 24.5 Å². The van der Waals surface area contributed by atoms with Crippen molar-refractivity contribution in [2.45, 2.75) is 53.4 Å². The second-order valence-corrected chi connectivity index (χ2v) is 7.58. The normalized spacial score (nSPS) is 26.7. The van der Waals surface area contributed by atoms with Crippen molar-refractivity contribution >= 4 is 0 Å². The van der Waals surface area contributed by atoms with Gasteiger partial charge in [-0.3, -0.25) is 0 Å². The van der Waals surface area contributed by atoms with Crippen LogP contribution in [0.25, 0.3) is 0 Å². The summed E-state index contributed by atoms with van der Waals surface area (Å²) in [6.45, 7) is 15.9. The molecule has 1 rings (SSSR count). The fourth-order valence-electron chi connectivity index (χ4n) is 3.60. The van der Waals surface area contributed by atoms with E-state index in [9.17, 15) is 0 Å². The molecule has 0 radical (unpaired) electrons. The van der Waals surface area contributed by atoms with Gasteiger partial charge >= 0.3 is 0 Å². The summed E-state index contributed by atoms with van der Waals surface area (Å²) in [6.07, 6.45) is 5.54. The Balaban J connectivity index is 2.66. The van der Waals surface area contributed by atoms with E-state index in [4.69, 9.17) is 4.74 Å². The van der Waals surface area contributed by atoms with Crippen molar-refractivity contribution in [1.29, 1.82) is 0 Å². The predicted molar refractivity (Wildman–Crippen MR) is 91.8 cm³/mol. The molecule has 0 saturated heterocycles. The van der Waals surface area contributed by atoms with Crippen molar-refractivity contribution in [3.63, 3.8) is 0 Å². The molecule has 0 bridgehead atoms. The molecular weight excluding hydrogens is 260 g/mol. The first-order valence-corrected chi connectivity index (χ1v) is 8.93. The van der Waals surface area contributed by atoms with Crippen LogP contribution >= 0.6 is 0 Å². The molecule has 0 heterocycles. The van der Waals surface area contributed by atoms with Crippen LogP contribution in [0.4, 0.5) is 0 Å². The molecule has 0 atom stereocenters.